The molecule has 28 heavy (non-hydrogen) atoms. The highest BCUT2D eigenvalue weighted by molar-refractivity contribution is 6.43. The zero-order chi connectivity index (χ0) is 20.7. The third kappa shape index (κ3) is 5.90. The molecule has 1 heterocycles. The standard InChI is InChI=1S/C21H28Cl2N4O/c1-14(12-25-16(3)24-4)19(27-11-6-5-8-15(27)2)13-26-21(28)17-9-7-10-18(22)20(17)23/h7,9-10,12,15,19H,4-6,8,11,13H2,1-3H3,(H,26,28)/b14-12+,25-16-. The van der Waals surface area contributed by atoms with E-state index < -0.39 is 0 Å². The van der Waals surface area contributed by atoms with Crippen molar-refractivity contribution >= 4 is 41.7 Å². The fraction of sp³-hybridized carbons (Fsp3) is 0.476. The molecule has 0 spiro atoms. The van der Waals surface area contributed by atoms with E-state index in [4.69, 9.17) is 23.2 Å². The molecule has 0 aliphatic carbocycles. The number of amides is 1. The summed E-state index contributed by atoms with van der Waals surface area (Å²) in [5, 5.41) is 3.66. The van der Waals surface area contributed by atoms with Crippen molar-refractivity contribution in [2.45, 2.75) is 52.1 Å². The predicted molar refractivity (Wildman–Crippen MR) is 119 cm³/mol. The summed E-state index contributed by atoms with van der Waals surface area (Å²) in [4.78, 5) is 23.3. The second-order valence-corrected chi connectivity index (χ2v) is 7.90. The zero-order valence-electron chi connectivity index (χ0n) is 16.7. The molecule has 1 aromatic rings. The molecule has 2 unspecified atom stereocenters. The quantitative estimate of drug-likeness (QED) is 0.518. The smallest absolute Gasteiger partial charge is 0.252 e. The van der Waals surface area contributed by atoms with Crippen molar-refractivity contribution in [1.82, 2.24) is 10.2 Å². The van der Waals surface area contributed by atoms with Crippen molar-refractivity contribution in [2.24, 2.45) is 9.98 Å². The van der Waals surface area contributed by atoms with Crippen LogP contribution in [0.4, 0.5) is 0 Å². The van der Waals surface area contributed by atoms with Crippen molar-refractivity contribution < 1.29 is 4.79 Å². The summed E-state index contributed by atoms with van der Waals surface area (Å²) < 4.78 is 0. The van der Waals surface area contributed by atoms with Crippen molar-refractivity contribution in [1.29, 1.82) is 0 Å². The van der Waals surface area contributed by atoms with Gasteiger partial charge in [0.15, 0.2) is 0 Å². The lowest BCUT2D eigenvalue weighted by atomic mass is 9.98. The van der Waals surface area contributed by atoms with Crippen LogP contribution in [0.2, 0.25) is 10.0 Å². The molecule has 1 N–H and O–H groups in total. The van der Waals surface area contributed by atoms with Crippen molar-refractivity contribution in [3.8, 4) is 0 Å². The van der Waals surface area contributed by atoms with Gasteiger partial charge in [-0.25, -0.2) is 9.98 Å². The van der Waals surface area contributed by atoms with Crippen LogP contribution in [0, 0.1) is 0 Å². The number of rotatable bonds is 6. The van der Waals surface area contributed by atoms with E-state index in [0.29, 0.717) is 29.0 Å². The normalized spacial score (nSPS) is 20.0. The Bertz CT molecular complexity index is 776. The van der Waals surface area contributed by atoms with Crippen molar-refractivity contribution in [3.63, 3.8) is 0 Å². The Labute approximate surface area is 177 Å². The van der Waals surface area contributed by atoms with Crippen LogP contribution in [-0.2, 0) is 0 Å². The van der Waals surface area contributed by atoms with E-state index >= 15 is 0 Å². The summed E-state index contributed by atoms with van der Waals surface area (Å²) in [6.45, 7) is 11.0. The van der Waals surface area contributed by atoms with Crippen LogP contribution in [0.15, 0.2) is 40.0 Å². The first-order valence-corrected chi connectivity index (χ1v) is 10.3. The van der Waals surface area contributed by atoms with Crippen LogP contribution in [0.25, 0.3) is 0 Å². The second kappa shape index (κ2) is 10.7. The first-order chi connectivity index (χ1) is 13.3. The fourth-order valence-electron chi connectivity index (χ4n) is 3.41. The number of hydrogen-bond donors (Lipinski definition) is 1. The van der Waals surface area contributed by atoms with Crippen molar-refractivity contribution in [2.75, 3.05) is 13.1 Å². The number of likely N-dealkylation sites (tertiary alicyclic amines) is 1. The van der Waals surface area contributed by atoms with E-state index in [1.807, 2.05) is 13.1 Å². The number of carbonyl (C=O) groups is 1. The van der Waals surface area contributed by atoms with E-state index in [0.717, 1.165) is 25.0 Å². The van der Waals surface area contributed by atoms with Gasteiger partial charge in [-0.1, -0.05) is 35.7 Å². The summed E-state index contributed by atoms with van der Waals surface area (Å²) in [7, 11) is 0. The van der Waals surface area contributed by atoms with Crippen LogP contribution in [0.3, 0.4) is 0 Å². The highest BCUT2D eigenvalue weighted by Crippen LogP contribution is 2.26. The lowest BCUT2D eigenvalue weighted by molar-refractivity contribution is 0.0903. The molecular weight excluding hydrogens is 395 g/mol. The Hall–Kier alpha value is -1.69. The van der Waals surface area contributed by atoms with E-state index in [9.17, 15) is 4.79 Å². The molecule has 152 valence electrons. The number of aliphatic imine (C=N–C) groups is 2. The summed E-state index contributed by atoms with van der Waals surface area (Å²) in [6, 6.07) is 5.54. The number of amidine groups is 1. The highest BCUT2D eigenvalue weighted by atomic mass is 35.5. The number of carbonyl (C=O) groups excluding carboxylic acids is 1. The molecule has 5 nitrogen and oxygen atoms in total. The van der Waals surface area contributed by atoms with Gasteiger partial charge in [0.1, 0.15) is 5.84 Å². The van der Waals surface area contributed by atoms with Crippen LogP contribution in [0.1, 0.15) is 50.4 Å². The van der Waals surface area contributed by atoms with Gasteiger partial charge in [0, 0.05) is 24.8 Å². The molecule has 0 aromatic heterocycles. The van der Waals surface area contributed by atoms with Gasteiger partial charge in [0.2, 0.25) is 0 Å². The summed E-state index contributed by atoms with van der Waals surface area (Å²) >= 11 is 12.2. The lowest BCUT2D eigenvalue weighted by Crippen LogP contribution is -2.50. The second-order valence-electron chi connectivity index (χ2n) is 7.12. The average molecular weight is 423 g/mol. The Morgan fingerprint density at radius 3 is 2.82 bits per heavy atom. The molecule has 2 rings (SSSR count). The van der Waals surface area contributed by atoms with Gasteiger partial charge in [0.25, 0.3) is 5.91 Å². The SMILES string of the molecule is C=N/C(C)=N\C=C(/C)C(CNC(=O)c1cccc(Cl)c1Cl)N1CCCCC1C. The topological polar surface area (TPSA) is 57.1 Å². The number of halogens is 2. The minimum Gasteiger partial charge on any atom is -0.350 e. The predicted octanol–water partition coefficient (Wildman–Crippen LogP) is 4.99. The Balaban J connectivity index is 2.20. The van der Waals surface area contributed by atoms with Crippen LogP contribution >= 0.6 is 23.2 Å². The molecule has 0 radical (unpaired) electrons. The maximum atomic E-state index is 12.7. The lowest BCUT2D eigenvalue weighted by Gasteiger charge is -2.40. The summed E-state index contributed by atoms with van der Waals surface area (Å²) in [6.07, 6.45) is 5.34. The van der Waals surface area contributed by atoms with Crippen LogP contribution < -0.4 is 5.32 Å². The molecule has 1 aliphatic rings. The molecule has 2 atom stereocenters. The Kier molecular flexibility index (Phi) is 8.67. The highest BCUT2D eigenvalue weighted by Gasteiger charge is 2.28. The summed E-state index contributed by atoms with van der Waals surface area (Å²) in [5.41, 5.74) is 1.44. The number of benzene rings is 1. The molecule has 0 bridgehead atoms. The molecule has 1 aliphatic heterocycles. The van der Waals surface area contributed by atoms with Gasteiger partial charge in [-0.05, 0) is 64.6 Å². The largest absolute Gasteiger partial charge is 0.350 e. The number of piperidine rings is 1. The third-order valence-electron chi connectivity index (χ3n) is 5.12. The fourth-order valence-corrected chi connectivity index (χ4v) is 3.80. The number of nitrogens with zero attached hydrogens (tertiary/aromatic N) is 3. The molecule has 1 fully saturated rings. The van der Waals surface area contributed by atoms with E-state index in [1.54, 1.807) is 25.1 Å². The molecule has 1 saturated heterocycles. The first kappa shape index (κ1) is 22.6. The monoisotopic (exact) mass is 422 g/mol. The molecule has 1 amide bonds. The number of hydrogen-bond acceptors (Lipinski definition) is 3. The van der Waals surface area contributed by atoms with Crippen LogP contribution in [-0.4, -0.2) is 48.5 Å². The Morgan fingerprint density at radius 1 is 1.39 bits per heavy atom. The van der Waals surface area contributed by atoms with Crippen LogP contribution in [0.5, 0.6) is 0 Å². The van der Waals surface area contributed by atoms with Gasteiger partial charge < -0.3 is 5.32 Å². The van der Waals surface area contributed by atoms with Gasteiger partial charge in [0.05, 0.1) is 15.6 Å². The molecule has 0 saturated carbocycles. The summed E-state index contributed by atoms with van der Waals surface area (Å²) in [5.74, 6) is 0.377. The maximum Gasteiger partial charge on any atom is 0.252 e. The van der Waals surface area contributed by atoms with Gasteiger partial charge in [-0.3, -0.25) is 9.69 Å². The minimum atomic E-state index is -0.234. The average Bonchev–Trinajstić information content (AvgIpc) is 2.69. The van der Waals surface area contributed by atoms with Crippen molar-refractivity contribution in [3.05, 3.63) is 45.6 Å². The van der Waals surface area contributed by atoms with Gasteiger partial charge in [-0.2, -0.15) is 0 Å². The van der Waals surface area contributed by atoms with E-state index in [1.165, 1.54) is 6.42 Å². The first-order valence-electron chi connectivity index (χ1n) is 9.51. The van der Waals surface area contributed by atoms with E-state index in [-0.39, 0.29) is 17.0 Å². The Morgan fingerprint density at radius 2 is 2.14 bits per heavy atom. The van der Waals surface area contributed by atoms with E-state index in [2.05, 4.69) is 33.8 Å². The molecule has 1 aromatic carbocycles. The number of nitrogens with one attached hydrogen (secondary N) is 1. The zero-order valence-corrected chi connectivity index (χ0v) is 18.2. The van der Waals surface area contributed by atoms with Gasteiger partial charge in [-0.15, -0.1) is 0 Å². The minimum absolute atomic E-state index is 0.0403. The van der Waals surface area contributed by atoms with Gasteiger partial charge >= 0.3 is 0 Å². The maximum absolute atomic E-state index is 12.7. The third-order valence-corrected chi connectivity index (χ3v) is 5.94. The molecular formula is C21H28Cl2N4O. The molecule has 7 heteroatoms.